The molecule has 0 radical (unpaired) electrons. The van der Waals surface area contributed by atoms with Gasteiger partial charge in [0.05, 0.1) is 0 Å². The van der Waals surface area contributed by atoms with Crippen molar-refractivity contribution in [2.24, 2.45) is 0 Å². The maximum atomic E-state index is 8.35. The summed E-state index contributed by atoms with van der Waals surface area (Å²) in [6.45, 7) is 0. The molecule has 0 bridgehead atoms. The van der Waals surface area contributed by atoms with Gasteiger partial charge in [0.2, 0.25) is 0 Å². The predicted molar refractivity (Wildman–Crippen MR) is 48.6 cm³/mol. The number of alkyl halides is 1. The van der Waals surface area contributed by atoms with Crippen LogP contribution in [0.3, 0.4) is 0 Å². The third-order valence-corrected chi connectivity index (χ3v) is 1.71. The van der Waals surface area contributed by atoms with E-state index in [4.69, 9.17) is 28.7 Å². The maximum Gasteiger partial charge on any atom is 0.315 e. The first-order chi connectivity index (χ1) is 4.74. The predicted octanol–water partition coefficient (Wildman–Crippen LogP) is 2.38. The van der Waals surface area contributed by atoms with E-state index in [1.165, 1.54) is 6.08 Å². The van der Waals surface area contributed by atoms with Gasteiger partial charge in [-0.25, -0.2) is 0 Å². The van der Waals surface area contributed by atoms with Gasteiger partial charge in [-0.1, -0.05) is 17.7 Å². The van der Waals surface area contributed by atoms with Gasteiger partial charge in [-0.15, -0.1) is 24.0 Å². The molecular weight excluding hydrogens is 206 g/mol. The zero-order chi connectivity index (χ0) is 7.56. The van der Waals surface area contributed by atoms with Crippen LogP contribution in [0, 0.1) is 0 Å². The first kappa shape index (κ1) is 10.7. The molecular formula is C6H5Cl3N2. The van der Waals surface area contributed by atoms with Gasteiger partial charge in [0.1, 0.15) is 0 Å². The smallest absolute Gasteiger partial charge is 0.315 e. The Hall–Kier alpha value is -0.270. The molecule has 11 heavy (non-hydrogen) atoms. The molecule has 0 aromatic rings. The van der Waals surface area contributed by atoms with Crippen LogP contribution in [-0.2, 0) is 0 Å². The van der Waals surface area contributed by atoms with E-state index in [2.05, 4.69) is 4.79 Å². The van der Waals surface area contributed by atoms with Crippen LogP contribution in [0.15, 0.2) is 23.3 Å². The first-order valence-corrected chi connectivity index (χ1v) is 3.47. The normalized spacial score (nSPS) is 21.8. The van der Waals surface area contributed by atoms with Gasteiger partial charge < -0.3 is 5.53 Å². The fourth-order valence-corrected chi connectivity index (χ4v) is 0.992. The number of hydrogen-bond acceptors (Lipinski definition) is 0. The Morgan fingerprint density at radius 2 is 2.18 bits per heavy atom. The van der Waals surface area contributed by atoms with Crippen LogP contribution in [0.25, 0.3) is 5.53 Å². The van der Waals surface area contributed by atoms with Crippen molar-refractivity contribution in [1.29, 1.82) is 0 Å². The molecule has 0 fully saturated rings. The number of halogens is 3. The monoisotopic (exact) mass is 210 g/mol. The van der Waals surface area contributed by atoms with E-state index in [0.717, 1.165) is 0 Å². The molecule has 2 nitrogen and oxygen atoms in total. The average molecular weight is 211 g/mol. The van der Waals surface area contributed by atoms with Gasteiger partial charge in [0.25, 0.3) is 0 Å². The highest BCUT2D eigenvalue weighted by atomic mass is 35.5. The van der Waals surface area contributed by atoms with Gasteiger partial charge in [0.15, 0.2) is 5.38 Å². The molecule has 0 spiro atoms. The molecule has 5 heteroatoms. The van der Waals surface area contributed by atoms with Crippen LogP contribution in [0.2, 0.25) is 0 Å². The average Bonchev–Trinajstić information content (AvgIpc) is 1.94. The van der Waals surface area contributed by atoms with E-state index in [1.807, 2.05) is 0 Å². The molecule has 1 rings (SSSR count). The van der Waals surface area contributed by atoms with Crippen LogP contribution >= 0.6 is 35.6 Å². The summed E-state index contributed by atoms with van der Waals surface area (Å²) in [5.41, 5.74) is 8.72. The van der Waals surface area contributed by atoms with Crippen LogP contribution < -0.4 is 0 Å². The molecule has 0 saturated heterocycles. The Balaban J connectivity index is 0.000001000. The standard InChI is InChI=1S/C6H4Cl2N2.ClH/c7-4-1-2-5(8)6(3-4)10-9;/h1-3,5H;1H. The Bertz CT molecular complexity index is 251. The Kier molecular flexibility index (Phi) is 4.46. The minimum absolute atomic E-state index is 0. The van der Waals surface area contributed by atoms with Crippen molar-refractivity contribution in [2.75, 3.05) is 0 Å². The Morgan fingerprint density at radius 1 is 1.55 bits per heavy atom. The molecule has 1 unspecified atom stereocenters. The quantitative estimate of drug-likeness (QED) is 0.335. The second kappa shape index (κ2) is 4.58. The largest absolute Gasteiger partial charge is 0.361 e. The fraction of sp³-hybridized carbons (Fsp3) is 0.167. The van der Waals surface area contributed by atoms with Crippen LogP contribution in [0.4, 0.5) is 0 Å². The van der Waals surface area contributed by atoms with Crippen LogP contribution in [-0.4, -0.2) is 15.9 Å². The van der Waals surface area contributed by atoms with Gasteiger partial charge >= 0.3 is 5.71 Å². The highest BCUT2D eigenvalue weighted by Crippen LogP contribution is 2.14. The fourth-order valence-electron chi connectivity index (χ4n) is 0.628. The summed E-state index contributed by atoms with van der Waals surface area (Å²) in [6, 6.07) is 0. The van der Waals surface area contributed by atoms with E-state index < -0.39 is 0 Å². The molecule has 1 atom stereocenters. The number of hydrogen-bond donors (Lipinski definition) is 0. The number of nitrogens with zero attached hydrogens (tertiary/aromatic N) is 2. The molecule has 0 N–H and O–H groups in total. The zero-order valence-electron chi connectivity index (χ0n) is 5.37. The Morgan fingerprint density at radius 3 is 2.64 bits per heavy atom. The lowest BCUT2D eigenvalue weighted by Gasteiger charge is -1.99. The zero-order valence-corrected chi connectivity index (χ0v) is 7.70. The molecule has 0 aliphatic heterocycles. The topological polar surface area (TPSA) is 36.4 Å². The van der Waals surface area contributed by atoms with Gasteiger partial charge in [-0.2, -0.15) is 4.79 Å². The lowest BCUT2D eigenvalue weighted by molar-refractivity contribution is -0.00512. The van der Waals surface area contributed by atoms with E-state index >= 15 is 0 Å². The van der Waals surface area contributed by atoms with Gasteiger partial charge in [-0.05, 0) is 6.08 Å². The van der Waals surface area contributed by atoms with Gasteiger partial charge in [-0.3, -0.25) is 0 Å². The minimum atomic E-state index is -0.368. The van der Waals surface area contributed by atoms with Crippen molar-refractivity contribution in [3.8, 4) is 0 Å². The lowest BCUT2D eigenvalue weighted by Crippen LogP contribution is -2.12. The van der Waals surface area contributed by atoms with Crippen molar-refractivity contribution >= 4 is 41.3 Å². The molecule has 0 amide bonds. The van der Waals surface area contributed by atoms with E-state index in [1.54, 1.807) is 12.2 Å². The summed E-state index contributed by atoms with van der Waals surface area (Å²) in [5.74, 6) is 0. The van der Waals surface area contributed by atoms with Crippen molar-refractivity contribution in [1.82, 2.24) is 0 Å². The molecule has 0 saturated carbocycles. The maximum absolute atomic E-state index is 8.35. The van der Waals surface area contributed by atoms with Gasteiger partial charge in [0, 0.05) is 11.1 Å². The molecule has 0 aromatic carbocycles. The third kappa shape index (κ3) is 2.68. The van der Waals surface area contributed by atoms with Crippen molar-refractivity contribution in [3.05, 3.63) is 28.8 Å². The summed E-state index contributed by atoms with van der Waals surface area (Å²) >= 11 is 11.2. The van der Waals surface area contributed by atoms with E-state index in [9.17, 15) is 0 Å². The van der Waals surface area contributed by atoms with Crippen molar-refractivity contribution < 1.29 is 4.79 Å². The second-order valence-corrected chi connectivity index (χ2v) is 2.72. The number of rotatable bonds is 0. The summed E-state index contributed by atoms with van der Waals surface area (Å²) in [6.07, 6.45) is 4.83. The van der Waals surface area contributed by atoms with Crippen LogP contribution in [0.1, 0.15) is 0 Å². The lowest BCUT2D eigenvalue weighted by atomic mass is 10.1. The minimum Gasteiger partial charge on any atom is -0.361 e. The number of allylic oxidation sites excluding steroid dienone is 4. The van der Waals surface area contributed by atoms with Crippen LogP contribution in [0.5, 0.6) is 0 Å². The molecule has 1 aliphatic rings. The highest BCUT2D eigenvalue weighted by molar-refractivity contribution is 6.39. The summed E-state index contributed by atoms with van der Waals surface area (Å²) < 4.78 is 0. The van der Waals surface area contributed by atoms with Crippen molar-refractivity contribution in [3.63, 3.8) is 0 Å². The van der Waals surface area contributed by atoms with E-state index in [0.29, 0.717) is 10.7 Å². The Labute approximate surface area is 80.5 Å². The van der Waals surface area contributed by atoms with Crippen molar-refractivity contribution in [2.45, 2.75) is 5.38 Å². The molecule has 60 valence electrons. The molecule has 0 aromatic heterocycles. The summed E-state index contributed by atoms with van der Waals surface area (Å²) in [7, 11) is 0. The first-order valence-electron chi connectivity index (χ1n) is 2.65. The molecule has 0 heterocycles. The molecule has 1 aliphatic carbocycles. The summed E-state index contributed by atoms with van der Waals surface area (Å²) in [5, 5.41) is 0.150. The third-order valence-electron chi connectivity index (χ3n) is 1.11. The summed E-state index contributed by atoms with van der Waals surface area (Å²) in [4.78, 5) is 2.95. The second-order valence-electron chi connectivity index (χ2n) is 1.81. The van der Waals surface area contributed by atoms with E-state index in [-0.39, 0.29) is 17.8 Å². The SMILES string of the molecule is Cl.[N-]=[N+]=C1C=C(Cl)C=CC1Cl. The highest BCUT2D eigenvalue weighted by Gasteiger charge is 2.18.